The Morgan fingerprint density at radius 2 is 2.20 bits per heavy atom. The number of ether oxygens (including phenoxy) is 1. The maximum atomic E-state index is 12.2. The Hall–Kier alpha value is -0.260. The summed E-state index contributed by atoms with van der Waals surface area (Å²) >= 11 is 1.73. The lowest BCUT2D eigenvalue weighted by molar-refractivity contribution is -0.144. The molecule has 2 saturated carbocycles. The topological polar surface area (TPSA) is 64.3 Å². The van der Waals surface area contributed by atoms with E-state index in [1.807, 2.05) is 13.2 Å². The minimum atomic E-state index is -0.368. The van der Waals surface area contributed by atoms with Gasteiger partial charge in [-0.15, -0.1) is 0 Å². The molecule has 5 heteroatoms. The van der Waals surface area contributed by atoms with Crippen LogP contribution in [0.1, 0.15) is 45.4 Å². The van der Waals surface area contributed by atoms with Crippen molar-refractivity contribution in [3.63, 3.8) is 0 Å². The van der Waals surface area contributed by atoms with E-state index in [1.54, 1.807) is 11.8 Å². The van der Waals surface area contributed by atoms with Gasteiger partial charge in [0.15, 0.2) is 0 Å². The summed E-state index contributed by atoms with van der Waals surface area (Å²) < 4.78 is 5.87. The number of nitrogens with one attached hydrogen (secondary N) is 1. The summed E-state index contributed by atoms with van der Waals surface area (Å²) in [6.07, 6.45) is 8.96. The van der Waals surface area contributed by atoms with Gasteiger partial charge in [0, 0.05) is 18.1 Å². The molecule has 1 amide bonds. The molecule has 116 valence electrons. The van der Waals surface area contributed by atoms with Crippen molar-refractivity contribution in [1.29, 1.82) is 0 Å². The highest BCUT2D eigenvalue weighted by atomic mass is 32.2. The predicted molar refractivity (Wildman–Crippen MR) is 83.8 cm³/mol. The van der Waals surface area contributed by atoms with Gasteiger partial charge in [-0.2, -0.15) is 11.8 Å². The van der Waals surface area contributed by atoms with Gasteiger partial charge >= 0.3 is 0 Å². The molecule has 0 saturated heterocycles. The zero-order chi connectivity index (χ0) is 14.6. The van der Waals surface area contributed by atoms with Crippen molar-refractivity contribution < 1.29 is 9.53 Å². The molecule has 3 atom stereocenters. The normalized spacial score (nSPS) is 29.1. The average molecular weight is 300 g/mol. The third-order valence-electron chi connectivity index (χ3n) is 4.97. The fourth-order valence-corrected chi connectivity index (χ4v) is 4.23. The number of hydrogen-bond donors (Lipinski definition) is 2. The molecule has 2 fully saturated rings. The van der Waals surface area contributed by atoms with Gasteiger partial charge in [-0.3, -0.25) is 4.79 Å². The molecule has 0 aromatic rings. The molecule has 2 unspecified atom stereocenters. The Labute approximate surface area is 126 Å². The summed E-state index contributed by atoms with van der Waals surface area (Å²) in [7, 11) is 0. The van der Waals surface area contributed by atoms with Gasteiger partial charge in [0.1, 0.15) is 0 Å². The van der Waals surface area contributed by atoms with Gasteiger partial charge in [0.05, 0.1) is 12.1 Å². The second-order valence-corrected chi connectivity index (χ2v) is 7.05. The highest BCUT2D eigenvalue weighted by Gasteiger charge is 2.57. The zero-order valence-electron chi connectivity index (χ0n) is 12.7. The number of carbonyl (C=O) groups is 1. The molecule has 2 aliphatic carbocycles. The lowest BCUT2D eigenvalue weighted by Gasteiger charge is -2.54. The summed E-state index contributed by atoms with van der Waals surface area (Å²) in [4.78, 5) is 12.2. The first-order valence-electron chi connectivity index (χ1n) is 7.80. The number of amides is 1. The summed E-state index contributed by atoms with van der Waals surface area (Å²) in [5.74, 6) is 0.955. The molecular formula is C15H28N2O2S. The number of nitrogens with two attached hydrogens (primary N) is 1. The maximum absolute atomic E-state index is 12.2. The first-order valence-corrected chi connectivity index (χ1v) is 9.20. The summed E-state index contributed by atoms with van der Waals surface area (Å²) in [5.41, 5.74) is 6.15. The van der Waals surface area contributed by atoms with E-state index >= 15 is 0 Å². The van der Waals surface area contributed by atoms with Crippen LogP contribution in [0.25, 0.3) is 0 Å². The van der Waals surface area contributed by atoms with Crippen molar-refractivity contribution in [2.24, 2.45) is 11.1 Å². The second kappa shape index (κ2) is 7.14. The molecule has 2 rings (SSSR count). The number of thioether (sulfide) groups is 1. The summed E-state index contributed by atoms with van der Waals surface area (Å²) in [6.45, 7) is 2.81. The molecular weight excluding hydrogens is 272 g/mol. The molecule has 0 bridgehead atoms. The molecule has 20 heavy (non-hydrogen) atoms. The fourth-order valence-electron chi connectivity index (χ4n) is 3.74. The van der Waals surface area contributed by atoms with Crippen LogP contribution < -0.4 is 11.1 Å². The number of carbonyl (C=O) groups excluding carboxylic acids is 1. The zero-order valence-corrected chi connectivity index (χ0v) is 13.5. The van der Waals surface area contributed by atoms with E-state index in [-0.39, 0.29) is 23.4 Å². The van der Waals surface area contributed by atoms with Crippen LogP contribution in [0.5, 0.6) is 0 Å². The molecule has 0 aliphatic heterocycles. The van der Waals surface area contributed by atoms with E-state index in [0.29, 0.717) is 6.10 Å². The van der Waals surface area contributed by atoms with Gasteiger partial charge in [0.2, 0.25) is 5.91 Å². The number of hydrogen-bond acceptors (Lipinski definition) is 4. The molecule has 1 spiro atoms. The smallest absolute Gasteiger partial charge is 0.237 e. The second-order valence-electron chi connectivity index (χ2n) is 6.07. The van der Waals surface area contributed by atoms with Gasteiger partial charge in [-0.1, -0.05) is 12.8 Å². The van der Waals surface area contributed by atoms with Crippen LogP contribution in [0.15, 0.2) is 0 Å². The van der Waals surface area contributed by atoms with E-state index in [2.05, 4.69) is 5.32 Å². The summed E-state index contributed by atoms with van der Waals surface area (Å²) in [5, 5.41) is 3.19. The molecule has 0 aromatic carbocycles. The Kier molecular flexibility index (Phi) is 5.75. The average Bonchev–Trinajstić information content (AvgIpc) is 2.95. The fraction of sp³-hybridized carbons (Fsp3) is 0.933. The molecule has 0 aromatic heterocycles. The lowest BCUT2D eigenvalue weighted by atomic mass is 9.60. The van der Waals surface area contributed by atoms with Gasteiger partial charge in [0.25, 0.3) is 0 Å². The van der Waals surface area contributed by atoms with E-state index in [9.17, 15) is 4.79 Å². The van der Waals surface area contributed by atoms with Crippen LogP contribution in [0.3, 0.4) is 0 Å². The molecule has 0 radical (unpaired) electrons. The maximum Gasteiger partial charge on any atom is 0.237 e. The quantitative estimate of drug-likeness (QED) is 0.754. The number of rotatable bonds is 7. The minimum absolute atomic E-state index is 0.0188. The Morgan fingerprint density at radius 3 is 2.80 bits per heavy atom. The van der Waals surface area contributed by atoms with Crippen LogP contribution in [-0.4, -0.2) is 42.7 Å². The van der Waals surface area contributed by atoms with Crippen LogP contribution in [0.4, 0.5) is 0 Å². The third kappa shape index (κ3) is 3.15. The van der Waals surface area contributed by atoms with E-state index < -0.39 is 0 Å². The van der Waals surface area contributed by atoms with E-state index in [4.69, 9.17) is 10.5 Å². The van der Waals surface area contributed by atoms with Crippen molar-refractivity contribution in [3.8, 4) is 0 Å². The monoisotopic (exact) mass is 300 g/mol. The van der Waals surface area contributed by atoms with Gasteiger partial charge in [-0.25, -0.2) is 0 Å². The van der Waals surface area contributed by atoms with Crippen LogP contribution in [-0.2, 0) is 9.53 Å². The minimum Gasteiger partial charge on any atom is -0.378 e. The van der Waals surface area contributed by atoms with Crippen LogP contribution >= 0.6 is 11.8 Å². The SMILES string of the molecule is CCOC1CC(NC(=O)[C@@H](N)CCSC)C12CCCC2. The van der Waals surface area contributed by atoms with Crippen LogP contribution in [0, 0.1) is 5.41 Å². The molecule has 0 heterocycles. The van der Waals surface area contributed by atoms with Gasteiger partial charge < -0.3 is 15.8 Å². The van der Waals surface area contributed by atoms with E-state index in [0.717, 1.165) is 25.2 Å². The van der Waals surface area contributed by atoms with E-state index in [1.165, 1.54) is 25.7 Å². The Bertz CT molecular complexity index is 332. The van der Waals surface area contributed by atoms with Crippen molar-refractivity contribution in [2.45, 2.75) is 63.6 Å². The highest BCUT2D eigenvalue weighted by Crippen LogP contribution is 2.54. The highest BCUT2D eigenvalue weighted by molar-refractivity contribution is 7.98. The Morgan fingerprint density at radius 1 is 1.50 bits per heavy atom. The standard InChI is InChI=1S/C15H28N2O2S/c1-3-19-13-10-12(15(13)7-4-5-8-15)17-14(18)11(16)6-9-20-2/h11-13H,3-10,16H2,1-2H3,(H,17,18)/t11-,12?,13?/m0/s1. The Balaban J connectivity index is 1.88. The molecule has 3 N–H and O–H groups in total. The molecule has 4 nitrogen and oxygen atoms in total. The predicted octanol–water partition coefficient (Wildman–Crippen LogP) is 1.92. The first kappa shape index (κ1) is 16.1. The largest absolute Gasteiger partial charge is 0.378 e. The molecule has 2 aliphatic rings. The summed E-state index contributed by atoms with van der Waals surface area (Å²) in [6, 6.07) is -0.0959. The van der Waals surface area contributed by atoms with Crippen molar-refractivity contribution >= 4 is 17.7 Å². The van der Waals surface area contributed by atoms with Gasteiger partial charge in [-0.05, 0) is 44.6 Å². The first-order chi connectivity index (χ1) is 9.64. The third-order valence-corrected chi connectivity index (χ3v) is 5.62. The van der Waals surface area contributed by atoms with Crippen LogP contribution in [0.2, 0.25) is 0 Å². The lowest BCUT2D eigenvalue weighted by Crippen LogP contribution is -2.65. The van der Waals surface area contributed by atoms with Crippen molar-refractivity contribution in [1.82, 2.24) is 5.32 Å². The van der Waals surface area contributed by atoms with Crippen molar-refractivity contribution in [2.75, 3.05) is 18.6 Å². The van der Waals surface area contributed by atoms with Crippen molar-refractivity contribution in [3.05, 3.63) is 0 Å².